The summed E-state index contributed by atoms with van der Waals surface area (Å²) in [6, 6.07) is 19.4. The Balaban J connectivity index is 1.53. The van der Waals surface area contributed by atoms with Gasteiger partial charge in [-0.05, 0) is 36.2 Å². The number of nitrogens with zero attached hydrogens (tertiary/aromatic N) is 2. The zero-order chi connectivity index (χ0) is 24.1. The van der Waals surface area contributed by atoms with Gasteiger partial charge in [0.15, 0.2) is 0 Å². The van der Waals surface area contributed by atoms with Crippen molar-refractivity contribution >= 4 is 21.6 Å². The van der Waals surface area contributed by atoms with Crippen LogP contribution in [0.5, 0.6) is 0 Å². The summed E-state index contributed by atoms with van der Waals surface area (Å²) in [6.45, 7) is 1.43. The lowest BCUT2D eigenvalue weighted by molar-refractivity contribution is -0.133. The highest BCUT2D eigenvalue weighted by molar-refractivity contribution is 7.89. The minimum atomic E-state index is -4.29. The number of para-hydroxylation sites is 1. The fraction of sp³-hybridized carbons (Fsp3) is 0.240. The predicted molar refractivity (Wildman–Crippen MR) is 126 cm³/mol. The van der Waals surface area contributed by atoms with Crippen LogP contribution in [0.2, 0.25) is 0 Å². The number of halogens is 2. The van der Waals surface area contributed by atoms with Crippen LogP contribution in [0.25, 0.3) is 0 Å². The van der Waals surface area contributed by atoms with E-state index in [-0.39, 0.29) is 12.2 Å². The molecule has 3 aromatic rings. The Kier molecular flexibility index (Phi) is 7.23. The molecule has 1 aliphatic rings. The zero-order valence-electron chi connectivity index (χ0n) is 18.4. The number of hydrogen-bond donors (Lipinski definition) is 1. The van der Waals surface area contributed by atoms with Crippen LogP contribution in [0, 0.1) is 11.6 Å². The second-order valence-corrected chi connectivity index (χ2v) is 9.74. The normalized spacial score (nSPS) is 15.2. The molecule has 1 N–H and O–H groups in total. The lowest BCUT2D eigenvalue weighted by atomic mass is 10.1. The van der Waals surface area contributed by atoms with Crippen LogP contribution in [0.1, 0.15) is 5.56 Å². The largest absolute Gasteiger partial charge is 0.366 e. The smallest absolute Gasteiger partial charge is 0.244 e. The molecule has 1 amide bonds. The molecule has 6 nitrogen and oxygen atoms in total. The molecule has 0 aromatic heterocycles. The van der Waals surface area contributed by atoms with Gasteiger partial charge in [0.2, 0.25) is 15.9 Å². The molecule has 178 valence electrons. The van der Waals surface area contributed by atoms with Crippen molar-refractivity contribution in [3.05, 3.63) is 96.1 Å². The van der Waals surface area contributed by atoms with E-state index < -0.39 is 32.7 Å². The van der Waals surface area contributed by atoms with Crippen LogP contribution in [0.15, 0.2) is 83.8 Å². The van der Waals surface area contributed by atoms with Crippen LogP contribution in [-0.2, 0) is 21.2 Å². The maximum absolute atomic E-state index is 14.2. The first-order valence-corrected chi connectivity index (χ1v) is 12.4. The van der Waals surface area contributed by atoms with Gasteiger partial charge in [0.05, 0.1) is 5.69 Å². The molecule has 0 unspecified atom stereocenters. The third-order valence-corrected chi connectivity index (χ3v) is 7.29. The van der Waals surface area contributed by atoms with E-state index in [1.54, 1.807) is 47.4 Å². The molecule has 9 heteroatoms. The van der Waals surface area contributed by atoms with Crippen molar-refractivity contribution in [1.29, 1.82) is 0 Å². The van der Waals surface area contributed by atoms with E-state index in [1.165, 1.54) is 18.2 Å². The number of piperazine rings is 1. The monoisotopic (exact) mass is 485 g/mol. The van der Waals surface area contributed by atoms with E-state index in [0.29, 0.717) is 31.9 Å². The average molecular weight is 486 g/mol. The Morgan fingerprint density at radius 3 is 2.06 bits per heavy atom. The van der Waals surface area contributed by atoms with Crippen molar-refractivity contribution in [3.8, 4) is 0 Å². The molecule has 1 atom stereocenters. The van der Waals surface area contributed by atoms with Crippen LogP contribution >= 0.6 is 0 Å². The summed E-state index contributed by atoms with van der Waals surface area (Å²) in [4.78, 5) is 16.3. The number of sulfonamides is 1. The van der Waals surface area contributed by atoms with Crippen molar-refractivity contribution < 1.29 is 22.0 Å². The van der Waals surface area contributed by atoms with Gasteiger partial charge >= 0.3 is 0 Å². The van der Waals surface area contributed by atoms with Crippen LogP contribution in [-0.4, -0.2) is 51.4 Å². The van der Waals surface area contributed by atoms with Gasteiger partial charge in [-0.25, -0.2) is 17.2 Å². The number of amides is 1. The SMILES string of the molecule is O=C([C@H](Cc1ccccc1)NS(=O)(=O)c1ccccc1F)N1CCN(c2ccccc2F)CC1. The molecule has 0 bridgehead atoms. The van der Waals surface area contributed by atoms with E-state index in [4.69, 9.17) is 0 Å². The summed E-state index contributed by atoms with van der Waals surface area (Å²) in [5.74, 6) is -1.63. The zero-order valence-corrected chi connectivity index (χ0v) is 19.2. The number of benzene rings is 3. The van der Waals surface area contributed by atoms with Gasteiger partial charge in [-0.15, -0.1) is 0 Å². The minimum absolute atomic E-state index is 0.112. The third kappa shape index (κ3) is 5.43. The molecule has 1 aliphatic heterocycles. The fourth-order valence-electron chi connectivity index (χ4n) is 4.04. The van der Waals surface area contributed by atoms with Crippen molar-refractivity contribution in [2.75, 3.05) is 31.1 Å². The maximum atomic E-state index is 14.2. The summed E-state index contributed by atoms with van der Waals surface area (Å²) in [5, 5.41) is 0. The van der Waals surface area contributed by atoms with Gasteiger partial charge in [0.25, 0.3) is 0 Å². The lowest BCUT2D eigenvalue weighted by Crippen LogP contribution is -2.55. The van der Waals surface area contributed by atoms with Crippen molar-refractivity contribution in [3.63, 3.8) is 0 Å². The van der Waals surface area contributed by atoms with E-state index in [1.807, 2.05) is 11.0 Å². The van der Waals surface area contributed by atoms with Crippen LogP contribution in [0.4, 0.5) is 14.5 Å². The van der Waals surface area contributed by atoms with Gasteiger partial charge in [0.1, 0.15) is 22.6 Å². The molecule has 0 radical (unpaired) electrons. The minimum Gasteiger partial charge on any atom is -0.366 e. The first-order valence-electron chi connectivity index (χ1n) is 10.9. The van der Waals surface area contributed by atoms with Crippen molar-refractivity contribution in [2.24, 2.45) is 0 Å². The Labute approximate surface area is 197 Å². The molecule has 0 saturated carbocycles. The molecular weight excluding hydrogens is 460 g/mol. The maximum Gasteiger partial charge on any atom is 0.244 e. The highest BCUT2D eigenvalue weighted by Crippen LogP contribution is 2.21. The summed E-state index contributed by atoms with van der Waals surface area (Å²) >= 11 is 0. The number of carbonyl (C=O) groups is 1. The highest BCUT2D eigenvalue weighted by Gasteiger charge is 2.32. The fourth-order valence-corrected chi connectivity index (χ4v) is 5.31. The second kappa shape index (κ2) is 10.3. The highest BCUT2D eigenvalue weighted by atomic mass is 32.2. The standard InChI is InChI=1S/C25H25F2N3O3S/c26-20-10-4-6-12-23(20)29-14-16-30(17-15-29)25(31)22(18-19-8-2-1-3-9-19)28-34(32,33)24-13-7-5-11-21(24)27/h1-13,22,28H,14-18H2/t22-/m0/s1. The van der Waals surface area contributed by atoms with Crippen molar-refractivity contribution in [2.45, 2.75) is 17.4 Å². The first-order chi connectivity index (χ1) is 16.3. The summed E-state index contributed by atoms with van der Waals surface area (Å²) < 4.78 is 56.7. The summed E-state index contributed by atoms with van der Waals surface area (Å²) in [7, 11) is -4.29. The van der Waals surface area contributed by atoms with E-state index in [9.17, 15) is 22.0 Å². The van der Waals surface area contributed by atoms with Gasteiger partial charge in [-0.1, -0.05) is 54.6 Å². The summed E-state index contributed by atoms with van der Waals surface area (Å²) in [6.07, 6.45) is 0.112. The molecule has 0 aliphatic carbocycles. The number of nitrogens with one attached hydrogen (secondary N) is 1. The van der Waals surface area contributed by atoms with E-state index in [2.05, 4.69) is 4.72 Å². The number of rotatable bonds is 7. The van der Waals surface area contributed by atoms with Gasteiger partial charge in [-0.2, -0.15) is 4.72 Å². The van der Waals surface area contributed by atoms with Crippen molar-refractivity contribution in [1.82, 2.24) is 9.62 Å². The van der Waals surface area contributed by atoms with E-state index in [0.717, 1.165) is 17.7 Å². The molecule has 1 heterocycles. The van der Waals surface area contributed by atoms with Gasteiger partial charge in [-0.3, -0.25) is 4.79 Å². The lowest BCUT2D eigenvalue weighted by Gasteiger charge is -2.37. The Morgan fingerprint density at radius 2 is 1.41 bits per heavy atom. The van der Waals surface area contributed by atoms with Gasteiger partial charge in [0, 0.05) is 26.2 Å². The number of hydrogen-bond acceptors (Lipinski definition) is 4. The number of anilines is 1. The Bertz CT molecular complexity index is 1250. The number of carbonyl (C=O) groups excluding carboxylic acids is 1. The average Bonchev–Trinajstić information content (AvgIpc) is 2.84. The topological polar surface area (TPSA) is 69.7 Å². The van der Waals surface area contributed by atoms with E-state index >= 15 is 0 Å². The Morgan fingerprint density at radius 1 is 0.824 bits per heavy atom. The molecule has 1 fully saturated rings. The molecule has 34 heavy (non-hydrogen) atoms. The molecule has 4 rings (SSSR count). The van der Waals surface area contributed by atoms with Crippen LogP contribution in [0.3, 0.4) is 0 Å². The molecule has 1 saturated heterocycles. The molecule has 3 aromatic carbocycles. The molecular formula is C25H25F2N3O3S. The van der Waals surface area contributed by atoms with Crippen LogP contribution < -0.4 is 9.62 Å². The third-order valence-electron chi connectivity index (χ3n) is 5.79. The Hall–Kier alpha value is -3.30. The van der Waals surface area contributed by atoms with Gasteiger partial charge < -0.3 is 9.80 Å². The summed E-state index contributed by atoms with van der Waals surface area (Å²) in [5.41, 5.74) is 1.23. The second-order valence-electron chi connectivity index (χ2n) is 8.06. The predicted octanol–water partition coefficient (Wildman–Crippen LogP) is 3.20. The quantitative estimate of drug-likeness (QED) is 0.558. The first kappa shape index (κ1) is 23.8. The molecule has 0 spiro atoms.